The van der Waals surface area contributed by atoms with E-state index in [-0.39, 0.29) is 30.2 Å². The van der Waals surface area contributed by atoms with Crippen molar-refractivity contribution in [2.75, 3.05) is 49.5 Å². The average molecular weight is 437 g/mol. The summed E-state index contributed by atoms with van der Waals surface area (Å²) in [5.74, 6) is 0.158. The van der Waals surface area contributed by atoms with Crippen molar-refractivity contribution in [3.8, 4) is 5.75 Å². The Morgan fingerprint density at radius 2 is 1.62 bits per heavy atom. The van der Waals surface area contributed by atoms with Gasteiger partial charge in [-0.3, -0.25) is 9.59 Å². The Morgan fingerprint density at radius 3 is 2.34 bits per heavy atom. The molecule has 2 fully saturated rings. The summed E-state index contributed by atoms with van der Waals surface area (Å²) in [6.45, 7) is 4.58. The summed E-state index contributed by atoms with van der Waals surface area (Å²) < 4.78 is 5.65. The normalized spacial score (nSPS) is 18.6. The van der Waals surface area contributed by atoms with Crippen molar-refractivity contribution in [1.82, 2.24) is 9.80 Å². The van der Waals surface area contributed by atoms with E-state index >= 15 is 0 Å². The van der Waals surface area contributed by atoms with Gasteiger partial charge >= 0.3 is 6.03 Å². The fourth-order valence-corrected chi connectivity index (χ4v) is 4.18. The zero-order chi connectivity index (χ0) is 22.5. The van der Waals surface area contributed by atoms with Gasteiger partial charge in [-0.1, -0.05) is 30.3 Å². The van der Waals surface area contributed by atoms with Crippen molar-refractivity contribution >= 4 is 29.2 Å². The largest absolute Gasteiger partial charge is 0.492 e. The first-order valence-corrected chi connectivity index (χ1v) is 11.0. The highest BCUT2D eigenvalue weighted by Crippen LogP contribution is 2.33. The van der Waals surface area contributed by atoms with Crippen LogP contribution < -0.4 is 15.0 Å². The Hall–Kier alpha value is -3.55. The Labute approximate surface area is 187 Å². The third kappa shape index (κ3) is 4.69. The van der Waals surface area contributed by atoms with Crippen molar-refractivity contribution in [3.63, 3.8) is 0 Å². The van der Waals surface area contributed by atoms with Gasteiger partial charge in [-0.05, 0) is 31.2 Å². The van der Waals surface area contributed by atoms with Crippen LogP contribution in [-0.4, -0.2) is 67.0 Å². The number of hydrogen-bond donors (Lipinski definition) is 1. The van der Waals surface area contributed by atoms with Gasteiger partial charge in [0.05, 0.1) is 18.2 Å². The van der Waals surface area contributed by atoms with E-state index in [1.165, 1.54) is 0 Å². The maximum atomic E-state index is 13.1. The van der Waals surface area contributed by atoms with Crippen LogP contribution in [0.5, 0.6) is 5.75 Å². The minimum atomic E-state index is -0.387. The summed E-state index contributed by atoms with van der Waals surface area (Å²) in [5.41, 5.74) is 1.45. The Bertz CT molecular complexity index is 973. The number of hydrogen-bond acceptors (Lipinski definition) is 4. The third-order valence-electron chi connectivity index (χ3n) is 5.83. The monoisotopic (exact) mass is 436 g/mol. The summed E-state index contributed by atoms with van der Waals surface area (Å²) in [5, 5.41) is 2.88. The van der Waals surface area contributed by atoms with E-state index < -0.39 is 0 Å². The molecule has 1 atom stereocenters. The highest BCUT2D eigenvalue weighted by molar-refractivity contribution is 6.01. The maximum Gasteiger partial charge on any atom is 0.321 e. The smallest absolute Gasteiger partial charge is 0.321 e. The standard InChI is InChI=1S/C24H28N4O4/c1-2-32-21-11-7-6-10-20(21)28-17-18(16-22(28)29)23(30)26-12-14-27(15-13-26)24(31)25-19-8-4-3-5-9-19/h3-11,18H,2,12-17H2,1H3,(H,25,31). The average Bonchev–Trinajstić information content (AvgIpc) is 3.21. The number of nitrogens with zero attached hydrogens (tertiary/aromatic N) is 3. The van der Waals surface area contributed by atoms with Crippen LogP contribution >= 0.6 is 0 Å². The molecule has 0 saturated carbocycles. The van der Waals surface area contributed by atoms with Crippen molar-refractivity contribution < 1.29 is 19.1 Å². The second-order valence-electron chi connectivity index (χ2n) is 7.91. The lowest BCUT2D eigenvalue weighted by Crippen LogP contribution is -2.53. The Morgan fingerprint density at radius 1 is 0.969 bits per heavy atom. The number of nitrogens with one attached hydrogen (secondary N) is 1. The second kappa shape index (κ2) is 9.72. The fourth-order valence-electron chi connectivity index (χ4n) is 4.18. The number of rotatable bonds is 5. The van der Waals surface area contributed by atoms with E-state index in [1.807, 2.05) is 61.5 Å². The molecule has 168 valence electrons. The molecule has 0 radical (unpaired) electrons. The molecule has 4 rings (SSSR count). The first-order valence-electron chi connectivity index (χ1n) is 11.0. The van der Waals surface area contributed by atoms with Crippen molar-refractivity contribution in [3.05, 3.63) is 54.6 Å². The van der Waals surface area contributed by atoms with E-state index in [9.17, 15) is 14.4 Å². The SMILES string of the molecule is CCOc1ccccc1N1CC(C(=O)N2CCN(C(=O)Nc3ccccc3)CC2)CC1=O. The minimum Gasteiger partial charge on any atom is -0.492 e. The summed E-state index contributed by atoms with van der Waals surface area (Å²) >= 11 is 0. The fraction of sp³-hybridized carbons (Fsp3) is 0.375. The molecule has 2 saturated heterocycles. The molecule has 2 aromatic rings. The summed E-state index contributed by atoms with van der Waals surface area (Å²) in [7, 11) is 0. The topological polar surface area (TPSA) is 82.2 Å². The quantitative estimate of drug-likeness (QED) is 0.782. The van der Waals surface area contributed by atoms with Gasteiger partial charge in [-0.15, -0.1) is 0 Å². The van der Waals surface area contributed by atoms with Crippen LogP contribution in [0.1, 0.15) is 13.3 Å². The number of amides is 4. The van der Waals surface area contributed by atoms with Gasteiger partial charge in [0.1, 0.15) is 5.75 Å². The first kappa shape index (κ1) is 21.7. The third-order valence-corrected chi connectivity index (χ3v) is 5.83. The number of anilines is 2. The molecule has 0 spiro atoms. The molecule has 2 aliphatic rings. The molecule has 32 heavy (non-hydrogen) atoms. The lowest BCUT2D eigenvalue weighted by Gasteiger charge is -2.35. The Balaban J connectivity index is 1.33. The molecule has 8 nitrogen and oxygen atoms in total. The van der Waals surface area contributed by atoms with Gasteiger partial charge in [0.15, 0.2) is 0 Å². The van der Waals surface area contributed by atoms with E-state index in [2.05, 4.69) is 5.32 Å². The van der Waals surface area contributed by atoms with Gasteiger partial charge < -0.3 is 24.8 Å². The first-order chi connectivity index (χ1) is 15.6. The predicted molar refractivity (Wildman–Crippen MR) is 122 cm³/mol. The van der Waals surface area contributed by atoms with E-state index in [0.717, 1.165) is 5.69 Å². The molecule has 2 aromatic carbocycles. The van der Waals surface area contributed by atoms with E-state index in [4.69, 9.17) is 4.74 Å². The van der Waals surface area contributed by atoms with Crippen LogP contribution in [0, 0.1) is 5.92 Å². The summed E-state index contributed by atoms with van der Waals surface area (Å²) in [4.78, 5) is 43.4. The zero-order valence-corrected chi connectivity index (χ0v) is 18.2. The van der Waals surface area contributed by atoms with Crippen LogP contribution in [0.15, 0.2) is 54.6 Å². The van der Waals surface area contributed by atoms with Crippen LogP contribution in [0.2, 0.25) is 0 Å². The molecule has 0 bridgehead atoms. The molecule has 4 amide bonds. The van der Waals surface area contributed by atoms with Gasteiger partial charge in [0, 0.05) is 44.8 Å². The number of ether oxygens (including phenoxy) is 1. The number of para-hydroxylation sites is 3. The number of urea groups is 1. The number of carbonyl (C=O) groups excluding carboxylic acids is 3. The molecule has 2 heterocycles. The van der Waals surface area contributed by atoms with Crippen molar-refractivity contribution in [1.29, 1.82) is 0 Å². The summed E-state index contributed by atoms with van der Waals surface area (Å²) in [6.07, 6.45) is 0.188. The molecule has 0 aromatic heterocycles. The highest BCUT2D eigenvalue weighted by atomic mass is 16.5. The number of piperazine rings is 1. The molecular weight excluding hydrogens is 408 g/mol. The van der Waals surface area contributed by atoms with Crippen molar-refractivity contribution in [2.45, 2.75) is 13.3 Å². The van der Waals surface area contributed by atoms with Gasteiger partial charge in [0.25, 0.3) is 0 Å². The predicted octanol–water partition coefficient (Wildman–Crippen LogP) is 2.81. The molecule has 1 unspecified atom stereocenters. The zero-order valence-electron chi connectivity index (χ0n) is 18.2. The number of carbonyl (C=O) groups is 3. The number of benzene rings is 2. The molecule has 2 aliphatic heterocycles. The second-order valence-corrected chi connectivity index (χ2v) is 7.91. The van der Waals surface area contributed by atoms with Crippen molar-refractivity contribution in [2.24, 2.45) is 5.92 Å². The lowest BCUT2D eigenvalue weighted by molar-refractivity contribution is -0.137. The minimum absolute atomic E-state index is 0.0298. The molecule has 8 heteroatoms. The Kier molecular flexibility index (Phi) is 6.58. The molecular formula is C24H28N4O4. The van der Waals surface area contributed by atoms with Crippen LogP contribution in [0.4, 0.5) is 16.2 Å². The van der Waals surface area contributed by atoms with Gasteiger partial charge in [0.2, 0.25) is 11.8 Å². The van der Waals surface area contributed by atoms with Gasteiger partial charge in [-0.25, -0.2) is 4.79 Å². The highest BCUT2D eigenvalue weighted by Gasteiger charge is 2.39. The summed E-state index contributed by atoms with van der Waals surface area (Å²) in [6, 6.07) is 16.5. The van der Waals surface area contributed by atoms with E-state index in [1.54, 1.807) is 14.7 Å². The van der Waals surface area contributed by atoms with Crippen LogP contribution in [-0.2, 0) is 9.59 Å². The molecule has 0 aliphatic carbocycles. The van der Waals surface area contributed by atoms with Gasteiger partial charge in [-0.2, -0.15) is 0 Å². The maximum absolute atomic E-state index is 13.1. The molecule has 1 N–H and O–H groups in total. The van der Waals surface area contributed by atoms with E-state index in [0.29, 0.717) is 50.8 Å². The van der Waals surface area contributed by atoms with Crippen LogP contribution in [0.3, 0.4) is 0 Å². The lowest BCUT2D eigenvalue weighted by atomic mass is 10.1. The van der Waals surface area contributed by atoms with Crippen LogP contribution in [0.25, 0.3) is 0 Å².